The van der Waals surface area contributed by atoms with Crippen molar-refractivity contribution in [2.24, 2.45) is 0 Å². The average Bonchev–Trinajstić information content (AvgIpc) is 2.74. The Morgan fingerprint density at radius 3 is 2.47 bits per heavy atom. The molecule has 1 saturated heterocycles. The van der Waals surface area contributed by atoms with Crippen LogP contribution < -0.4 is 0 Å². The van der Waals surface area contributed by atoms with E-state index in [-0.39, 0.29) is 19.0 Å². The summed E-state index contributed by atoms with van der Waals surface area (Å²) < 4.78 is 37.9. The number of amides is 1. The van der Waals surface area contributed by atoms with Gasteiger partial charge in [-0.2, -0.15) is 13.2 Å². The van der Waals surface area contributed by atoms with Gasteiger partial charge in [0.2, 0.25) is 0 Å². The fraction of sp³-hybridized carbons (Fsp3) is 0.636. The van der Waals surface area contributed by atoms with Crippen molar-refractivity contribution < 1.29 is 23.1 Å². The lowest BCUT2D eigenvalue weighted by molar-refractivity contribution is -0.271. The number of aryl methyl sites for hydroxylation is 1. The molecule has 4 nitrogen and oxygen atoms in total. The van der Waals surface area contributed by atoms with Crippen LogP contribution in [0.4, 0.5) is 13.2 Å². The number of piperidine rings is 1. The number of thiazole rings is 1. The molecule has 106 valence electrons. The molecule has 8 heteroatoms. The predicted molar refractivity (Wildman–Crippen MR) is 63.0 cm³/mol. The largest absolute Gasteiger partial charge is 0.417 e. The van der Waals surface area contributed by atoms with Crippen molar-refractivity contribution in [3.05, 3.63) is 16.1 Å². The monoisotopic (exact) mass is 294 g/mol. The molecule has 0 aliphatic carbocycles. The molecule has 0 atom stereocenters. The van der Waals surface area contributed by atoms with E-state index in [1.54, 1.807) is 6.92 Å². The van der Waals surface area contributed by atoms with E-state index >= 15 is 0 Å². The summed E-state index contributed by atoms with van der Waals surface area (Å²) >= 11 is 1.17. The van der Waals surface area contributed by atoms with E-state index in [1.165, 1.54) is 21.7 Å². The molecule has 2 heterocycles. The number of likely N-dealkylation sites (tertiary alicyclic amines) is 1. The topological polar surface area (TPSA) is 53.4 Å². The third kappa shape index (κ3) is 2.59. The highest BCUT2D eigenvalue weighted by Crippen LogP contribution is 2.38. The quantitative estimate of drug-likeness (QED) is 0.861. The van der Waals surface area contributed by atoms with Crippen LogP contribution in [0.25, 0.3) is 0 Å². The average molecular weight is 294 g/mol. The molecule has 0 saturated carbocycles. The third-order valence-corrected chi connectivity index (χ3v) is 4.26. The second kappa shape index (κ2) is 4.75. The molecule has 1 fully saturated rings. The van der Waals surface area contributed by atoms with Crippen LogP contribution in [0.15, 0.2) is 5.51 Å². The first kappa shape index (κ1) is 14.3. The Hall–Kier alpha value is -1.15. The number of carbonyl (C=O) groups excluding carboxylic acids is 1. The van der Waals surface area contributed by atoms with Crippen LogP contribution in [-0.2, 0) is 0 Å². The highest BCUT2D eigenvalue weighted by molar-refractivity contribution is 7.11. The maximum Gasteiger partial charge on any atom is 0.417 e. The van der Waals surface area contributed by atoms with Crippen LogP contribution in [0.5, 0.6) is 0 Å². The Morgan fingerprint density at radius 1 is 1.47 bits per heavy atom. The van der Waals surface area contributed by atoms with Crippen LogP contribution in [0.1, 0.15) is 28.2 Å². The van der Waals surface area contributed by atoms with E-state index in [1.807, 2.05) is 0 Å². The van der Waals surface area contributed by atoms with E-state index in [9.17, 15) is 23.1 Å². The molecule has 1 amide bonds. The van der Waals surface area contributed by atoms with Gasteiger partial charge in [0.05, 0.1) is 11.2 Å². The molecule has 1 aromatic rings. The van der Waals surface area contributed by atoms with E-state index < -0.39 is 24.6 Å². The van der Waals surface area contributed by atoms with Gasteiger partial charge in [0, 0.05) is 25.9 Å². The molecule has 0 bridgehead atoms. The lowest BCUT2D eigenvalue weighted by Crippen LogP contribution is -2.54. The maximum absolute atomic E-state index is 12.6. The Kier molecular flexibility index (Phi) is 3.57. The number of hydrogen-bond donors (Lipinski definition) is 1. The minimum absolute atomic E-state index is 0.105. The zero-order chi connectivity index (χ0) is 14.3. The van der Waals surface area contributed by atoms with E-state index in [0.717, 1.165) is 0 Å². The second-order valence-corrected chi connectivity index (χ2v) is 5.44. The van der Waals surface area contributed by atoms with Crippen LogP contribution >= 0.6 is 11.3 Å². The molecule has 0 aromatic carbocycles. The number of aliphatic hydroxyl groups is 1. The summed E-state index contributed by atoms with van der Waals surface area (Å²) in [7, 11) is 0. The van der Waals surface area contributed by atoms with E-state index in [0.29, 0.717) is 10.6 Å². The fourth-order valence-electron chi connectivity index (χ4n) is 2.01. The zero-order valence-electron chi connectivity index (χ0n) is 10.2. The minimum atomic E-state index is -4.65. The Balaban J connectivity index is 2.05. The molecule has 1 aliphatic rings. The zero-order valence-corrected chi connectivity index (χ0v) is 11.0. The molecule has 19 heavy (non-hydrogen) atoms. The van der Waals surface area contributed by atoms with Gasteiger partial charge in [-0.25, -0.2) is 4.98 Å². The molecule has 0 unspecified atom stereocenters. The Labute approximate surface area is 111 Å². The maximum atomic E-state index is 12.6. The van der Waals surface area contributed by atoms with Crippen LogP contribution in [0, 0.1) is 6.92 Å². The number of aromatic nitrogens is 1. The molecule has 2 rings (SSSR count). The second-order valence-electron chi connectivity index (χ2n) is 4.59. The molecule has 1 aromatic heterocycles. The van der Waals surface area contributed by atoms with Crippen molar-refractivity contribution in [2.45, 2.75) is 31.5 Å². The highest BCUT2D eigenvalue weighted by atomic mass is 32.1. The Morgan fingerprint density at radius 2 is 2.05 bits per heavy atom. The van der Waals surface area contributed by atoms with Crippen molar-refractivity contribution in [2.75, 3.05) is 13.1 Å². The summed E-state index contributed by atoms with van der Waals surface area (Å²) in [6.45, 7) is 1.47. The van der Waals surface area contributed by atoms with Gasteiger partial charge in [-0.3, -0.25) is 4.79 Å². The van der Waals surface area contributed by atoms with Crippen molar-refractivity contribution in [1.29, 1.82) is 0 Å². The molecular formula is C11H13F3N2O2S. The van der Waals surface area contributed by atoms with Crippen molar-refractivity contribution in [3.8, 4) is 0 Å². The molecule has 0 radical (unpaired) electrons. The number of rotatable bonds is 1. The standard InChI is InChI=1S/C11H13F3N2O2S/c1-7-8(19-6-15-7)9(17)16-4-2-10(18,3-5-16)11(12,13)14/h6,18H,2-5H2,1H3. The summed E-state index contributed by atoms with van der Waals surface area (Å²) in [6, 6.07) is 0. The van der Waals surface area contributed by atoms with Gasteiger partial charge in [0.25, 0.3) is 5.91 Å². The lowest BCUT2D eigenvalue weighted by Gasteiger charge is -2.38. The Bertz CT molecular complexity index is 479. The minimum Gasteiger partial charge on any atom is -0.380 e. The van der Waals surface area contributed by atoms with Crippen molar-refractivity contribution in [3.63, 3.8) is 0 Å². The number of carbonyl (C=O) groups is 1. The number of hydrogen-bond acceptors (Lipinski definition) is 4. The fourth-order valence-corrected chi connectivity index (χ4v) is 2.78. The summed E-state index contributed by atoms with van der Waals surface area (Å²) in [5, 5.41) is 9.52. The summed E-state index contributed by atoms with van der Waals surface area (Å²) in [5.41, 5.74) is -0.572. The highest BCUT2D eigenvalue weighted by Gasteiger charge is 2.54. The first-order valence-electron chi connectivity index (χ1n) is 5.73. The lowest BCUT2D eigenvalue weighted by atomic mass is 9.90. The van der Waals surface area contributed by atoms with Gasteiger partial charge < -0.3 is 10.0 Å². The molecular weight excluding hydrogens is 281 g/mol. The summed E-state index contributed by atoms with van der Waals surface area (Å²) in [4.78, 5) is 17.8. The van der Waals surface area contributed by atoms with E-state index in [2.05, 4.69) is 4.98 Å². The third-order valence-electron chi connectivity index (χ3n) is 3.35. The number of alkyl halides is 3. The SMILES string of the molecule is Cc1ncsc1C(=O)N1CCC(O)(C(F)(F)F)CC1. The van der Waals surface area contributed by atoms with Gasteiger partial charge in [0.15, 0.2) is 5.60 Å². The number of halogens is 3. The van der Waals surface area contributed by atoms with Crippen LogP contribution in [-0.4, -0.2) is 45.8 Å². The first-order valence-corrected chi connectivity index (χ1v) is 6.61. The molecule has 0 spiro atoms. The first-order chi connectivity index (χ1) is 8.74. The summed E-state index contributed by atoms with van der Waals surface area (Å²) in [6.07, 6.45) is -5.62. The van der Waals surface area contributed by atoms with Crippen LogP contribution in [0.2, 0.25) is 0 Å². The van der Waals surface area contributed by atoms with Crippen molar-refractivity contribution >= 4 is 17.2 Å². The van der Waals surface area contributed by atoms with Gasteiger partial charge in [-0.15, -0.1) is 11.3 Å². The molecule has 1 aliphatic heterocycles. The van der Waals surface area contributed by atoms with E-state index in [4.69, 9.17) is 0 Å². The predicted octanol–water partition coefficient (Wildman–Crippen LogP) is 1.98. The number of nitrogens with zero attached hydrogens (tertiary/aromatic N) is 2. The van der Waals surface area contributed by atoms with Crippen molar-refractivity contribution in [1.82, 2.24) is 9.88 Å². The van der Waals surface area contributed by atoms with Gasteiger partial charge in [-0.05, 0) is 6.92 Å². The van der Waals surface area contributed by atoms with Gasteiger partial charge in [-0.1, -0.05) is 0 Å². The van der Waals surface area contributed by atoms with Gasteiger partial charge in [0.1, 0.15) is 4.88 Å². The van der Waals surface area contributed by atoms with Crippen LogP contribution in [0.3, 0.4) is 0 Å². The summed E-state index contributed by atoms with van der Waals surface area (Å²) in [5.74, 6) is -0.316. The normalized spacial score (nSPS) is 19.5. The van der Waals surface area contributed by atoms with Gasteiger partial charge >= 0.3 is 6.18 Å². The smallest absolute Gasteiger partial charge is 0.380 e. The molecule has 1 N–H and O–H groups in total.